The van der Waals surface area contributed by atoms with Gasteiger partial charge < -0.3 is 14.2 Å². The molecule has 0 amide bonds. The molecule has 1 fully saturated rings. The third-order valence-corrected chi connectivity index (χ3v) is 8.08. The molecule has 2 aliphatic rings. The summed E-state index contributed by atoms with van der Waals surface area (Å²) in [6.45, 7) is 4.14. The molecule has 4 heterocycles. The second-order valence-electron chi connectivity index (χ2n) is 8.01. The first-order chi connectivity index (χ1) is 14.4. The third-order valence-electron chi connectivity index (χ3n) is 5.96. The van der Waals surface area contributed by atoms with E-state index in [0.29, 0.717) is 29.6 Å². The summed E-state index contributed by atoms with van der Waals surface area (Å²) in [5.41, 5.74) is 3.99. The van der Waals surface area contributed by atoms with Crippen molar-refractivity contribution in [1.29, 1.82) is 0 Å². The van der Waals surface area contributed by atoms with E-state index in [2.05, 4.69) is 14.8 Å². The van der Waals surface area contributed by atoms with Gasteiger partial charge >= 0.3 is 0 Å². The first-order valence-electron chi connectivity index (χ1n) is 10.1. The van der Waals surface area contributed by atoms with Crippen molar-refractivity contribution < 1.29 is 8.42 Å². The van der Waals surface area contributed by atoms with Gasteiger partial charge in [0, 0.05) is 50.8 Å². The van der Waals surface area contributed by atoms with E-state index in [-0.39, 0.29) is 0 Å². The van der Waals surface area contributed by atoms with Gasteiger partial charge in [0.05, 0.1) is 22.2 Å². The molecule has 0 bridgehead atoms. The number of imidazole rings is 1. The molecule has 0 radical (unpaired) electrons. The van der Waals surface area contributed by atoms with E-state index in [1.165, 1.54) is 0 Å². The molecule has 0 saturated carbocycles. The van der Waals surface area contributed by atoms with Crippen LogP contribution in [-0.2, 0) is 23.0 Å². The van der Waals surface area contributed by atoms with Crippen LogP contribution in [0.4, 0.5) is 5.69 Å². The van der Waals surface area contributed by atoms with E-state index in [1.54, 1.807) is 10.4 Å². The van der Waals surface area contributed by atoms with Crippen molar-refractivity contribution in [3.05, 3.63) is 59.0 Å². The predicted octanol–water partition coefficient (Wildman–Crippen LogP) is 2.49. The minimum atomic E-state index is -3.44. The number of piperazine rings is 1. The normalized spacial score (nSPS) is 18.3. The van der Waals surface area contributed by atoms with Crippen LogP contribution in [0.1, 0.15) is 11.3 Å². The van der Waals surface area contributed by atoms with Gasteiger partial charge in [-0.3, -0.25) is 0 Å². The van der Waals surface area contributed by atoms with Gasteiger partial charge in [0.1, 0.15) is 5.65 Å². The maximum atomic E-state index is 13.1. The van der Waals surface area contributed by atoms with Crippen molar-refractivity contribution in [2.24, 2.45) is 0 Å². The zero-order valence-corrected chi connectivity index (χ0v) is 18.4. The van der Waals surface area contributed by atoms with Crippen LogP contribution in [0.2, 0.25) is 5.02 Å². The molecule has 1 aromatic carbocycles. The highest BCUT2D eigenvalue weighted by Crippen LogP contribution is 2.32. The van der Waals surface area contributed by atoms with Gasteiger partial charge in [-0.1, -0.05) is 11.6 Å². The van der Waals surface area contributed by atoms with Crippen LogP contribution in [0, 0.1) is 0 Å². The monoisotopic (exact) mass is 445 g/mol. The molecule has 7 nitrogen and oxygen atoms in total. The van der Waals surface area contributed by atoms with Crippen LogP contribution in [0.3, 0.4) is 0 Å². The molecule has 0 N–H and O–H groups in total. The number of likely N-dealkylation sites (N-methyl/N-ethyl adjacent to an activating group) is 1. The van der Waals surface area contributed by atoms with Crippen molar-refractivity contribution in [1.82, 2.24) is 18.6 Å². The van der Waals surface area contributed by atoms with Crippen molar-refractivity contribution in [3.63, 3.8) is 0 Å². The van der Waals surface area contributed by atoms with Crippen LogP contribution < -0.4 is 4.90 Å². The lowest BCUT2D eigenvalue weighted by Gasteiger charge is -2.31. The summed E-state index contributed by atoms with van der Waals surface area (Å²) in [7, 11) is -1.43. The zero-order valence-electron chi connectivity index (χ0n) is 16.8. The highest BCUT2D eigenvalue weighted by molar-refractivity contribution is 7.89. The summed E-state index contributed by atoms with van der Waals surface area (Å²) in [6, 6.07) is 9.28. The number of hydrogen-bond donors (Lipinski definition) is 0. The summed E-state index contributed by atoms with van der Waals surface area (Å²) < 4.78 is 29.7. The minimum Gasteiger partial charge on any atom is -0.365 e. The van der Waals surface area contributed by atoms with Gasteiger partial charge in [-0.25, -0.2) is 13.4 Å². The number of sulfonamides is 1. The van der Waals surface area contributed by atoms with Crippen molar-refractivity contribution in [2.45, 2.75) is 17.9 Å². The summed E-state index contributed by atoms with van der Waals surface area (Å²) >= 11 is 6.07. The first-order valence-corrected chi connectivity index (χ1v) is 11.9. The molecule has 1 saturated heterocycles. The van der Waals surface area contributed by atoms with Crippen molar-refractivity contribution in [3.8, 4) is 0 Å². The number of halogens is 1. The maximum Gasteiger partial charge on any atom is 0.243 e. The number of benzene rings is 1. The molecule has 9 heteroatoms. The number of rotatable bonds is 4. The fraction of sp³-hybridized carbons (Fsp3) is 0.381. The Morgan fingerprint density at radius 3 is 2.63 bits per heavy atom. The fourth-order valence-electron chi connectivity index (χ4n) is 4.24. The Morgan fingerprint density at radius 1 is 1.03 bits per heavy atom. The van der Waals surface area contributed by atoms with Gasteiger partial charge in [0.2, 0.25) is 10.0 Å². The van der Waals surface area contributed by atoms with Gasteiger partial charge in [-0.05, 0) is 49.4 Å². The minimum absolute atomic E-state index is 0.398. The molecular formula is C21H24ClN5O2S. The van der Waals surface area contributed by atoms with E-state index >= 15 is 0 Å². The second-order valence-corrected chi connectivity index (χ2v) is 10.4. The van der Waals surface area contributed by atoms with E-state index in [9.17, 15) is 8.42 Å². The maximum absolute atomic E-state index is 13.1. The Kier molecular flexibility index (Phi) is 4.97. The molecule has 5 rings (SSSR count). The molecule has 0 spiro atoms. The quantitative estimate of drug-likeness (QED) is 0.617. The Balaban J connectivity index is 1.36. The average molecular weight is 446 g/mol. The van der Waals surface area contributed by atoms with Gasteiger partial charge in [0.25, 0.3) is 0 Å². The third kappa shape index (κ3) is 3.58. The molecule has 3 aromatic rings. The van der Waals surface area contributed by atoms with Crippen LogP contribution >= 0.6 is 11.6 Å². The molecule has 0 unspecified atom stereocenters. The lowest BCUT2D eigenvalue weighted by atomic mass is 10.2. The number of hydrogen-bond acceptors (Lipinski definition) is 5. The lowest BCUT2D eigenvalue weighted by molar-refractivity contribution is 0.222. The number of pyridine rings is 1. The molecule has 158 valence electrons. The lowest BCUT2D eigenvalue weighted by Crippen LogP contribution is -2.47. The summed E-state index contributed by atoms with van der Waals surface area (Å²) in [4.78, 5) is 9.48. The summed E-state index contributed by atoms with van der Waals surface area (Å²) in [5, 5.41) is 0.673. The molecule has 2 aromatic heterocycles. The first kappa shape index (κ1) is 19.8. The van der Waals surface area contributed by atoms with Gasteiger partial charge in [-0.15, -0.1) is 0 Å². The number of anilines is 1. The van der Waals surface area contributed by atoms with Gasteiger partial charge in [-0.2, -0.15) is 4.31 Å². The fourth-order valence-corrected chi connectivity index (χ4v) is 5.88. The van der Waals surface area contributed by atoms with E-state index in [0.717, 1.165) is 48.6 Å². The van der Waals surface area contributed by atoms with Gasteiger partial charge in [0.15, 0.2) is 0 Å². The standard InChI is InChI=1S/C21H24ClN5O2S/c1-24-8-10-27(11-9-24)30(28,29)19-3-4-20-16(12-19)6-7-25(20)14-18-15-26-13-17(22)2-5-21(26)23-18/h2-5,12-13,15H,6-11,14H2,1H3. The smallest absolute Gasteiger partial charge is 0.243 e. The van der Waals surface area contributed by atoms with Crippen molar-refractivity contribution >= 4 is 33.0 Å². The topological polar surface area (TPSA) is 61.2 Å². The van der Waals surface area contributed by atoms with E-state index in [1.807, 2.05) is 48.1 Å². The molecular weight excluding hydrogens is 422 g/mol. The number of fused-ring (bicyclic) bond motifs is 2. The molecule has 2 aliphatic heterocycles. The van der Waals surface area contributed by atoms with E-state index < -0.39 is 10.0 Å². The Labute approximate surface area is 181 Å². The zero-order chi connectivity index (χ0) is 20.9. The van der Waals surface area contributed by atoms with Crippen LogP contribution in [0.25, 0.3) is 5.65 Å². The average Bonchev–Trinajstić information content (AvgIpc) is 3.31. The SMILES string of the molecule is CN1CCN(S(=O)(=O)c2ccc3c(c2)CCN3Cc2cn3cc(Cl)ccc3n2)CC1. The Hall–Kier alpha value is -2.13. The molecule has 30 heavy (non-hydrogen) atoms. The van der Waals surface area contributed by atoms with Crippen LogP contribution in [0.15, 0.2) is 47.6 Å². The largest absolute Gasteiger partial charge is 0.365 e. The van der Waals surface area contributed by atoms with Crippen LogP contribution in [0.5, 0.6) is 0 Å². The van der Waals surface area contributed by atoms with Crippen molar-refractivity contribution in [2.75, 3.05) is 44.7 Å². The Bertz CT molecular complexity index is 1200. The molecule has 0 aliphatic carbocycles. The number of aromatic nitrogens is 2. The summed E-state index contributed by atoms with van der Waals surface area (Å²) in [5.74, 6) is 0. The van der Waals surface area contributed by atoms with E-state index in [4.69, 9.17) is 11.6 Å². The number of nitrogens with zero attached hydrogens (tertiary/aromatic N) is 5. The highest BCUT2D eigenvalue weighted by atomic mass is 35.5. The Morgan fingerprint density at radius 2 is 1.83 bits per heavy atom. The predicted molar refractivity (Wildman–Crippen MR) is 118 cm³/mol. The second kappa shape index (κ2) is 7.53. The van der Waals surface area contributed by atoms with Crippen LogP contribution in [-0.4, -0.2) is 66.8 Å². The highest BCUT2D eigenvalue weighted by Gasteiger charge is 2.29. The summed E-state index contributed by atoms with van der Waals surface area (Å²) in [6.07, 6.45) is 4.67. The molecule has 0 atom stereocenters.